The second-order valence-electron chi connectivity index (χ2n) is 6.18. The van der Waals surface area contributed by atoms with Crippen LogP contribution in [0.15, 0.2) is 28.8 Å². The minimum atomic E-state index is -0.738. The SMILES string of the molecule is CC(C)(C)c1cc(NC(=O)COC(=O)c2cc(Cl)ccc2N)on1. The van der Waals surface area contributed by atoms with E-state index in [4.69, 9.17) is 26.6 Å². The van der Waals surface area contributed by atoms with E-state index in [1.165, 1.54) is 12.1 Å². The van der Waals surface area contributed by atoms with Crippen LogP contribution in [0, 0.1) is 0 Å². The molecule has 1 heterocycles. The van der Waals surface area contributed by atoms with Crippen LogP contribution >= 0.6 is 11.6 Å². The number of halogens is 1. The molecule has 1 aromatic carbocycles. The third kappa shape index (κ3) is 4.48. The second-order valence-corrected chi connectivity index (χ2v) is 6.62. The molecule has 0 spiro atoms. The maximum absolute atomic E-state index is 11.9. The number of nitrogens with one attached hydrogen (secondary N) is 1. The Hall–Kier alpha value is -2.54. The average molecular weight is 352 g/mol. The van der Waals surface area contributed by atoms with Gasteiger partial charge in [-0.2, -0.15) is 0 Å². The fourth-order valence-corrected chi connectivity index (χ4v) is 1.95. The fraction of sp³-hybridized carbons (Fsp3) is 0.312. The lowest BCUT2D eigenvalue weighted by atomic mass is 9.92. The zero-order chi connectivity index (χ0) is 17.9. The number of amides is 1. The summed E-state index contributed by atoms with van der Waals surface area (Å²) in [5.74, 6) is -1.11. The van der Waals surface area contributed by atoms with Crippen molar-refractivity contribution >= 4 is 35.0 Å². The second kappa shape index (κ2) is 6.92. The van der Waals surface area contributed by atoms with Gasteiger partial charge in [0.25, 0.3) is 5.91 Å². The number of nitrogens with two attached hydrogens (primary N) is 1. The normalized spacial score (nSPS) is 11.2. The van der Waals surface area contributed by atoms with Crippen molar-refractivity contribution < 1.29 is 18.8 Å². The van der Waals surface area contributed by atoms with Crippen molar-refractivity contribution in [2.24, 2.45) is 0 Å². The quantitative estimate of drug-likeness (QED) is 0.647. The van der Waals surface area contributed by atoms with Gasteiger partial charge in [0.2, 0.25) is 5.88 Å². The average Bonchev–Trinajstić information content (AvgIpc) is 2.96. The maximum Gasteiger partial charge on any atom is 0.340 e. The number of nitrogen functional groups attached to an aromatic ring is 1. The van der Waals surface area contributed by atoms with E-state index in [9.17, 15) is 9.59 Å². The molecule has 0 fully saturated rings. The number of aromatic nitrogens is 1. The summed E-state index contributed by atoms with van der Waals surface area (Å²) < 4.78 is 9.95. The lowest BCUT2D eigenvalue weighted by Gasteiger charge is -2.12. The molecule has 0 saturated carbocycles. The van der Waals surface area contributed by atoms with Gasteiger partial charge in [0, 0.05) is 22.2 Å². The summed E-state index contributed by atoms with van der Waals surface area (Å²) in [6.45, 7) is 5.41. The van der Waals surface area contributed by atoms with Crippen LogP contribution in [-0.4, -0.2) is 23.6 Å². The molecule has 0 atom stereocenters. The largest absolute Gasteiger partial charge is 0.452 e. The first kappa shape index (κ1) is 17.8. The molecule has 24 heavy (non-hydrogen) atoms. The lowest BCUT2D eigenvalue weighted by molar-refractivity contribution is -0.119. The highest BCUT2D eigenvalue weighted by Crippen LogP contribution is 2.23. The van der Waals surface area contributed by atoms with Crippen molar-refractivity contribution in [1.29, 1.82) is 0 Å². The Kier molecular flexibility index (Phi) is 5.14. The Balaban J connectivity index is 1.92. The molecule has 128 valence electrons. The van der Waals surface area contributed by atoms with Gasteiger partial charge in [0.05, 0.1) is 11.3 Å². The minimum Gasteiger partial charge on any atom is -0.452 e. The maximum atomic E-state index is 11.9. The van der Waals surface area contributed by atoms with Crippen LogP contribution in [0.4, 0.5) is 11.6 Å². The molecule has 0 unspecified atom stereocenters. The van der Waals surface area contributed by atoms with Gasteiger partial charge < -0.3 is 15.0 Å². The number of esters is 1. The number of hydrogen-bond acceptors (Lipinski definition) is 6. The van der Waals surface area contributed by atoms with E-state index in [1.807, 2.05) is 20.8 Å². The van der Waals surface area contributed by atoms with E-state index in [-0.39, 0.29) is 22.6 Å². The van der Waals surface area contributed by atoms with Crippen LogP contribution in [-0.2, 0) is 14.9 Å². The monoisotopic (exact) mass is 351 g/mol. The molecule has 3 N–H and O–H groups in total. The number of rotatable bonds is 4. The molecular formula is C16H18ClN3O4. The molecule has 0 radical (unpaired) electrons. The Labute approximate surface area is 144 Å². The van der Waals surface area contributed by atoms with Gasteiger partial charge in [-0.3, -0.25) is 10.1 Å². The predicted molar refractivity (Wildman–Crippen MR) is 90.0 cm³/mol. The van der Waals surface area contributed by atoms with E-state index in [2.05, 4.69) is 10.5 Å². The molecule has 7 nitrogen and oxygen atoms in total. The topological polar surface area (TPSA) is 107 Å². The van der Waals surface area contributed by atoms with Crippen molar-refractivity contribution in [2.75, 3.05) is 17.7 Å². The van der Waals surface area contributed by atoms with E-state index in [1.54, 1.807) is 12.1 Å². The van der Waals surface area contributed by atoms with Crippen molar-refractivity contribution in [3.63, 3.8) is 0 Å². The Morgan fingerprint density at radius 3 is 2.67 bits per heavy atom. The number of carbonyl (C=O) groups excluding carboxylic acids is 2. The summed E-state index contributed by atoms with van der Waals surface area (Å²) in [6, 6.07) is 6.04. The zero-order valence-electron chi connectivity index (χ0n) is 13.6. The molecule has 2 rings (SSSR count). The number of ether oxygens (including phenoxy) is 1. The molecule has 2 aromatic rings. The van der Waals surface area contributed by atoms with Crippen LogP contribution in [0.1, 0.15) is 36.8 Å². The highest BCUT2D eigenvalue weighted by Gasteiger charge is 2.20. The van der Waals surface area contributed by atoms with Crippen LogP contribution in [0.2, 0.25) is 5.02 Å². The highest BCUT2D eigenvalue weighted by molar-refractivity contribution is 6.31. The summed E-state index contributed by atoms with van der Waals surface area (Å²) in [6.07, 6.45) is 0. The van der Waals surface area contributed by atoms with Crippen molar-refractivity contribution in [2.45, 2.75) is 26.2 Å². The lowest BCUT2D eigenvalue weighted by Crippen LogP contribution is -2.21. The highest BCUT2D eigenvalue weighted by atomic mass is 35.5. The molecular weight excluding hydrogens is 334 g/mol. The van der Waals surface area contributed by atoms with Gasteiger partial charge in [-0.15, -0.1) is 0 Å². The van der Waals surface area contributed by atoms with Gasteiger partial charge in [-0.25, -0.2) is 4.79 Å². The third-order valence-corrected chi connectivity index (χ3v) is 3.35. The van der Waals surface area contributed by atoms with E-state index in [0.717, 1.165) is 0 Å². The first-order valence-electron chi connectivity index (χ1n) is 7.16. The molecule has 0 aliphatic carbocycles. The molecule has 1 amide bonds. The molecule has 0 saturated heterocycles. The molecule has 8 heteroatoms. The Bertz CT molecular complexity index is 765. The molecule has 0 bridgehead atoms. The fourth-order valence-electron chi connectivity index (χ4n) is 1.78. The summed E-state index contributed by atoms with van der Waals surface area (Å²) in [7, 11) is 0. The van der Waals surface area contributed by atoms with Gasteiger partial charge in [0.1, 0.15) is 0 Å². The summed E-state index contributed by atoms with van der Waals surface area (Å²) in [5.41, 5.74) is 6.49. The van der Waals surface area contributed by atoms with Crippen LogP contribution < -0.4 is 11.1 Å². The standard InChI is InChI=1S/C16H18ClN3O4/c1-16(2,3)12-7-14(24-20-12)19-13(21)8-23-15(22)10-6-9(17)4-5-11(10)18/h4-7H,8,18H2,1-3H3,(H,19,21). The predicted octanol–water partition coefficient (Wildman–Crippen LogP) is 3.00. The zero-order valence-corrected chi connectivity index (χ0v) is 14.3. The molecule has 0 aliphatic rings. The smallest absolute Gasteiger partial charge is 0.340 e. The van der Waals surface area contributed by atoms with Gasteiger partial charge >= 0.3 is 5.97 Å². The number of anilines is 2. The van der Waals surface area contributed by atoms with Gasteiger partial charge in [0.15, 0.2) is 6.61 Å². The summed E-state index contributed by atoms with van der Waals surface area (Å²) >= 11 is 5.81. The number of carbonyl (C=O) groups is 2. The van der Waals surface area contributed by atoms with Crippen molar-refractivity contribution in [3.8, 4) is 0 Å². The number of nitrogens with zero attached hydrogens (tertiary/aromatic N) is 1. The summed E-state index contributed by atoms with van der Waals surface area (Å²) in [4.78, 5) is 23.8. The van der Waals surface area contributed by atoms with E-state index in [0.29, 0.717) is 10.7 Å². The Morgan fingerprint density at radius 1 is 1.33 bits per heavy atom. The van der Waals surface area contributed by atoms with Crippen LogP contribution in [0.3, 0.4) is 0 Å². The van der Waals surface area contributed by atoms with Crippen molar-refractivity contribution in [3.05, 3.63) is 40.5 Å². The first-order valence-corrected chi connectivity index (χ1v) is 7.54. The van der Waals surface area contributed by atoms with Crippen LogP contribution in [0.25, 0.3) is 0 Å². The van der Waals surface area contributed by atoms with Crippen molar-refractivity contribution in [1.82, 2.24) is 5.16 Å². The van der Waals surface area contributed by atoms with Crippen LogP contribution in [0.5, 0.6) is 0 Å². The third-order valence-electron chi connectivity index (χ3n) is 3.11. The Morgan fingerprint density at radius 2 is 2.04 bits per heavy atom. The number of hydrogen-bond donors (Lipinski definition) is 2. The van der Waals surface area contributed by atoms with Gasteiger partial charge in [-0.1, -0.05) is 37.5 Å². The minimum absolute atomic E-state index is 0.102. The van der Waals surface area contributed by atoms with E-state index < -0.39 is 18.5 Å². The number of benzene rings is 1. The first-order chi connectivity index (χ1) is 11.2. The molecule has 0 aliphatic heterocycles. The summed E-state index contributed by atoms with van der Waals surface area (Å²) in [5, 5.41) is 6.68. The van der Waals surface area contributed by atoms with Gasteiger partial charge in [-0.05, 0) is 18.2 Å². The van der Waals surface area contributed by atoms with E-state index >= 15 is 0 Å². The molecule has 1 aromatic heterocycles.